The molecule has 2 N–H and O–H groups in total. The van der Waals surface area contributed by atoms with Gasteiger partial charge < -0.3 is 10.4 Å². The van der Waals surface area contributed by atoms with Crippen molar-refractivity contribution in [3.63, 3.8) is 0 Å². The van der Waals surface area contributed by atoms with E-state index in [-0.39, 0.29) is 17.0 Å². The number of thioether (sulfide) groups is 1. The Morgan fingerprint density at radius 1 is 1.44 bits per heavy atom. The monoisotopic (exact) mass is 269 g/mol. The molecule has 1 aromatic carbocycles. The summed E-state index contributed by atoms with van der Waals surface area (Å²) < 4.78 is 12.7. The average Bonchev–Trinajstić information content (AvgIpc) is 2.34. The van der Waals surface area contributed by atoms with E-state index in [1.54, 1.807) is 12.1 Å². The molecule has 96 valence electrons. The minimum atomic E-state index is -1.02. The number of carboxylic acid groups (broad SMARTS) is 1. The van der Waals surface area contributed by atoms with Gasteiger partial charge in [0.25, 0.3) is 0 Å². The number of rotatable bonds is 3. The van der Waals surface area contributed by atoms with Crippen molar-refractivity contribution in [1.82, 2.24) is 5.32 Å². The second kappa shape index (κ2) is 5.39. The van der Waals surface area contributed by atoms with Crippen molar-refractivity contribution in [2.24, 2.45) is 0 Å². The van der Waals surface area contributed by atoms with Gasteiger partial charge >= 0.3 is 5.97 Å². The Hall–Kier alpha value is -1.56. The Morgan fingerprint density at radius 2 is 2.11 bits per heavy atom. The number of carbonyl (C=O) groups is 2. The van der Waals surface area contributed by atoms with Gasteiger partial charge in [0.2, 0.25) is 5.91 Å². The molecule has 1 saturated heterocycles. The summed E-state index contributed by atoms with van der Waals surface area (Å²) >= 11 is 1.32. The van der Waals surface area contributed by atoms with Crippen LogP contribution in [-0.4, -0.2) is 34.0 Å². The van der Waals surface area contributed by atoms with Crippen molar-refractivity contribution in [1.29, 1.82) is 0 Å². The maximum absolute atomic E-state index is 12.7. The second-order valence-electron chi connectivity index (χ2n) is 4.05. The summed E-state index contributed by atoms with van der Waals surface area (Å²) in [4.78, 5) is 22.4. The number of amides is 1. The zero-order valence-electron chi connectivity index (χ0n) is 9.43. The highest BCUT2D eigenvalue weighted by Crippen LogP contribution is 2.22. The first-order valence-corrected chi connectivity index (χ1v) is 6.50. The van der Waals surface area contributed by atoms with Crippen LogP contribution >= 0.6 is 11.8 Å². The molecule has 1 aliphatic heterocycles. The molecule has 0 bridgehead atoms. The fourth-order valence-electron chi connectivity index (χ4n) is 1.71. The van der Waals surface area contributed by atoms with E-state index in [0.29, 0.717) is 12.2 Å². The molecule has 1 heterocycles. The summed E-state index contributed by atoms with van der Waals surface area (Å²) in [6.45, 7) is 0. The molecule has 2 rings (SSSR count). The van der Waals surface area contributed by atoms with Crippen LogP contribution in [0.4, 0.5) is 4.39 Å². The van der Waals surface area contributed by atoms with E-state index >= 15 is 0 Å². The lowest BCUT2D eigenvalue weighted by atomic mass is 10.1. The second-order valence-corrected chi connectivity index (χ2v) is 5.29. The Kier molecular flexibility index (Phi) is 3.86. The molecule has 0 aliphatic carbocycles. The quantitative estimate of drug-likeness (QED) is 0.861. The predicted molar refractivity (Wildman–Crippen MR) is 65.9 cm³/mol. The van der Waals surface area contributed by atoms with E-state index in [1.807, 2.05) is 0 Å². The lowest BCUT2D eigenvalue weighted by Crippen LogP contribution is -2.51. The summed E-state index contributed by atoms with van der Waals surface area (Å²) in [5.41, 5.74) is 0.859. The highest BCUT2D eigenvalue weighted by molar-refractivity contribution is 8.00. The van der Waals surface area contributed by atoms with Gasteiger partial charge in [-0.1, -0.05) is 12.1 Å². The third-order valence-electron chi connectivity index (χ3n) is 2.71. The maximum Gasteiger partial charge on any atom is 0.327 e. The number of benzene rings is 1. The van der Waals surface area contributed by atoms with Crippen molar-refractivity contribution in [2.45, 2.75) is 17.7 Å². The van der Waals surface area contributed by atoms with Crippen LogP contribution in [-0.2, 0) is 16.0 Å². The lowest BCUT2D eigenvalue weighted by Gasteiger charge is -2.26. The Balaban J connectivity index is 1.97. The van der Waals surface area contributed by atoms with Crippen molar-refractivity contribution < 1.29 is 19.1 Å². The van der Waals surface area contributed by atoms with E-state index in [2.05, 4.69) is 5.32 Å². The number of hydrogen-bond donors (Lipinski definition) is 2. The van der Waals surface area contributed by atoms with Crippen LogP contribution < -0.4 is 5.32 Å². The lowest BCUT2D eigenvalue weighted by molar-refractivity contribution is -0.141. The highest BCUT2D eigenvalue weighted by Gasteiger charge is 2.32. The Labute approximate surface area is 108 Å². The van der Waals surface area contributed by atoms with Gasteiger partial charge in [0.15, 0.2) is 0 Å². The van der Waals surface area contributed by atoms with Gasteiger partial charge in [-0.2, -0.15) is 0 Å². The smallest absolute Gasteiger partial charge is 0.327 e. The number of nitrogens with one attached hydrogen (secondary N) is 1. The molecule has 0 spiro atoms. The van der Waals surface area contributed by atoms with Gasteiger partial charge in [-0.15, -0.1) is 11.8 Å². The molecule has 6 heteroatoms. The molecule has 1 amide bonds. The Bertz CT molecular complexity index is 463. The van der Waals surface area contributed by atoms with E-state index in [4.69, 9.17) is 5.11 Å². The zero-order valence-corrected chi connectivity index (χ0v) is 10.2. The molecule has 1 aromatic rings. The molecule has 0 unspecified atom stereocenters. The first kappa shape index (κ1) is 12.9. The van der Waals surface area contributed by atoms with Crippen LogP contribution in [0.3, 0.4) is 0 Å². The van der Waals surface area contributed by atoms with Crippen LogP contribution in [0.15, 0.2) is 24.3 Å². The third kappa shape index (κ3) is 3.01. The first-order valence-electron chi connectivity index (χ1n) is 5.45. The summed E-state index contributed by atoms with van der Waals surface area (Å²) in [6.07, 6.45) is 0.475. The fourth-order valence-corrected chi connectivity index (χ4v) is 2.89. The van der Waals surface area contributed by atoms with Crippen molar-refractivity contribution >= 4 is 23.6 Å². The molecule has 0 saturated carbocycles. The number of carbonyl (C=O) groups excluding carboxylic acids is 1. The first-order chi connectivity index (χ1) is 8.56. The topological polar surface area (TPSA) is 66.4 Å². The molecule has 4 nitrogen and oxygen atoms in total. The fraction of sp³-hybridized carbons (Fsp3) is 0.333. The molecule has 1 fully saturated rings. The van der Waals surface area contributed by atoms with Crippen LogP contribution in [0.2, 0.25) is 0 Å². The summed E-state index contributed by atoms with van der Waals surface area (Å²) in [5, 5.41) is 10.9. The molecular formula is C12H12FNO3S. The predicted octanol–water partition coefficient (Wildman–Crippen LogP) is 1.05. The van der Waals surface area contributed by atoms with Gasteiger partial charge in [-0.3, -0.25) is 4.79 Å². The van der Waals surface area contributed by atoms with E-state index in [1.165, 1.54) is 23.9 Å². The molecule has 0 radical (unpaired) electrons. The summed E-state index contributed by atoms with van der Waals surface area (Å²) in [6, 6.07) is 5.15. The molecule has 1 aliphatic rings. The summed E-state index contributed by atoms with van der Waals surface area (Å²) in [7, 11) is 0. The SMILES string of the molecule is O=C(O)[C@@H]1CS[C@@H](Cc2ccc(F)cc2)C(=O)N1. The van der Waals surface area contributed by atoms with Gasteiger partial charge in [-0.25, -0.2) is 9.18 Å². The van der Waals surface area contributed by atoms with Crippen LogP contribution in [0.5, 0.6) is 0 Å². The van der Waals surface area contributed by atoms with Gasteiger partial charge in [0.1, 0.15) is 11.9 Å². The van der Waals surface area contributed by atoms with E-state index in [9.17, 15) is 14.0 Å². The van der Waals surface area contributed by atoms with Gasteiger partial charge in [-0.05, 0) is 24.1 Å². The normalized spacial score (nSPS) is 23.5. The van der Waals surface area contributed by atoms with Crippen molar-refractivity contribution in [3.05, 3.63) is 35.6 Å². The molecular weight excluding hydrogens is 257 g/mol. The highest BCUT2D eigenvalue weighted by atomic mass is 32.2. The molecule has 0 aromatic heterocycles. The minimum Gasteiger partial charge on any atom is -0.480 e. The standard InChI is InChI=1S/C12H12FNO3S/c13-8-3-1-7(2-4-8)5-10-11(15)14-9(6-18-10)12(16)17/h1-4,9-10H,5-6H2,(H,14,15)(H,16,17)/t9-,10-/m0/s1. The van der Waals surface area contributed by atoms with Crippen LogP contribution in [0.1, 0.15) is 5.56 Å². The van der Waals surface area contributed by atoms with Gasteiger partial charge in [0, 0.05) is 5.75 Å². The number of hydrogen-bond acceptors (Lipinski definition) is 3. The average molecular weight is 269 g/mol. The maximum atomic E-state index is 12.7. The number of aliphatic carboxylic acids is 1. The minimum absolute atomic E-state index is 0.275. The number of halogens is 1. The van der Waals surface area contributed by atoms with E-state index < -0.39 is 12.0 Å². The zero-order chi connectivity index (χ0) is 13.1. The third-order valence-corrected chi connectivity index (χ3v) is 4.01. The largest absolute Gasteiger partial charge is 0.480 e. The molecule has 2 atom stereocenters. The van der Waals surface area contributed by atoms with Crippen molar-refractivity contribution in [2.75, 3.05) is 5.75 Å². The van der Waals surface area contributed by atoms with Crippen molar-refractivity contribution in [3.8, 4) is 0 Å². The van der Waals surface area contributed by atoms with Gasteiger partial charge in [0.05, 0.1) is 5.25 Å². The Morgan fingerprint density at radius 3 is 2.67 bits per heavy atom. The van der Waals surface area contributed by atoms with Crippen LogP contribution in [0, 0.1) is 5.82 Å². The molecule has 18 heavy (non-hydrogen) atoms. The number of carboxylic acids is 1. The van der Waals surface area contributed by atoms with E-state index in [0.717, 1.165) is 5.56 Å². The summed E-state index contributed by atoms with van der Waals surface area (Å²) in [5.74, 6) is -1.25. The van der Waals surface area contributed by atoms with Crippen LogP contribution in [0.25, 0.3) is 0 Å².